The molecule has 0 bridgehead atoms. The lowest BCUT2D eigenvalue weighted by atomic mass is 10.1. The minimum absolute atomic E-state index is 0.532. The van der Waals surface area contributed by atoms with Crippen LogP contribution in [0.1, 0.15) is 41.7 Å². The summed E-state index contributed by atoms with van der Waals surface area (Å²) in [7, 11) is 0. The number of fused-ring (bicyclic) bond motifs is 4. The molecule has 252 valence electrons. The Morgan fingerprint density at radius 3 is 1.31 bits per heavy atom. The molecule has 0 radical (unpaired) electrons. The molecule has 7 heteroatoms. The van der Waals surface area contributed by atoms with Gasteiger partial charge in [0.1, 0.15) is 27.7 Å². The highest BCUT2D eigenvalue weighted by atomic mass is 15.2. The molecule has 8 aromatic rings. The van der Waals surface area contributed by atoms with Gasteiger partial charge in [-0.2, -0.15) is 0 Å². The summed E-state index contributed by atoms with van der Waals surface area (Å²) in [4.78, 5) is 10.3. The van der Waals surface area contributed by atoms with E-state index >= 15 is 0 Å². The van der Waals surface area contributed by atoms with Gasteiger partial charge in [-0.25, -0.2) is 9.97 Å². The first kappa shape index (κ1) is 32.1. The van der Waals surface area contributed by atoms with Crippen molar-refractivity contribution in [1.82, 2.24) is 9.97 Å². The molecular formula is C44H43N7+2. The van der Waals surface area contributed by atoms with E-state index in [2.05, 4.69) is 158 Å². The van der Waals surface area contributed by atoms with Gasteiger partial charge in [-0.3, -0.25) is 0 Å². The van der Waals surface area contributed by atoms with Crippen molar-refractivity contribution in [2.75, 3.05) is 16.4 Å². The average Bonchev–Trinajstić information content (AvgIpc) is 3.09. The van der Waals surface area contributed by atoms with E-state index in [9.17, 15) is 0 Å². The lowest BCUT2D eigenvalue weighted by molar-refractivity contribution is -0.538. The SMILES string of the molecule is Cc1cc2nc3cc(C)c(NC(C)(C)Nc4cc5c(cc4C)nc4cc(C)c(N)cc4[n+]5-c4ccccc4)cc3[n+](-c3ccccc3)c2cc1C. The molecule has 4 N–H and O–H groups in total. The van der Waals surface area contributed by atoms with Crippen LogP contribution in [0.4, 0.5) is 17.1 Å². The molecule has 0 aliphatic rings. The van der Waals surface area contributed by atoms with Crippen LogP contribution in [0.25, 0.3) is 55.5 Å². The molecule has 2 heterocycles. The molecule has 8 rings (SSSR count). The fourth-order valence-corrected chi connectivity index (χ4v) is 7.12. The number of hydrogen-bond donors (Lipinski definition) is 3. The molecule has 0 aliphatic heterocycles. The van der Waals surface area contributed by atoms with Gasteiger partial charge in [0.15, 0.2) is 0 Å². The maximum absolute atomic E-state index is 6.45. The predicted octanol–water partition coefficient (Wildman–Crippen LogP) is 9.03. The van der Waals surface area contributed by atoms with Crippen molar-refractivity contribution in [3.8, 4) is 11.4 Å². The zero-order chi connectivity index (χ0) is 35.6. The smallest absolute Gasteiger partial charge is 0.239 e. The van der Waals surface area contributed by atoms with Crippen molar-refractivity contribution in [3.63, 3.8) is 0 Å². The van der Waals surface area contributed by atoms with Crippen LogP contribution in [0, 0.1) is 34.6 Å². The van der Waals surface area contributed by atoms with E-state index in [1.54, 1.807) is 0 Å². The second-order valence-corrected chi connectivity index (χ2v) is 14.4. The number of benzene rings is 6. The Kier molecular flexibility index (Phi) is 7.60. The average molecular weight is 670 g/mol. The number of nitrogens with zero attached hydrogens (tertiary/aromatic N) is 4. The van der Waals surface area contributed by atoms with Crippen molar-refractivity contribution >= 4 is 61.2 Å². The number of rotatable bonds is 6. The Balaban J connectivity index is 1.24. The maximum Gasteiger partial charge on any atom is 0.239 e. The highest BCUT2D eigenvalue weighted by Crippen LogP contribution is 2.31. The topological polar surface area (TPSA) is 83.6 Å². The summed E-state index contributed by atoms with van der Waals surface area (Å²) < 4.78 is 4.59. The number of nitrogens with one attached hydrogen (secondary N) is 2. The molecule has 0 saturated carbocycles. The Morgan fingerprint density at radius 2 is 0.843 bits per heavy atom. The summed E-state index contributed by atoms with van der Waals surface area (Å²) in [6.45, 7) is 15.0. The molecule has 2 aromatic heterocycles. The zero-order valence-corrected chi connectivity index (χ0v) is 30.3. The summed E-state index contributed by atoms with van der Waals surface area (Å²) in [6, 6.07) is 38.3. The van der Waals surface area contributed by atoms with Crippen LogP contribution in [-0.4, -0.2) is 15.6 Å². The minimum atomic E-state index is -0.532. The summed E-state index contributed by atoms with van der Waals surface area (Å²) in [5, 5.41) is 7.69. The number of nitrogens with two attached hydrogens (primary N) is 1. The van der Waals surface area contributed by atoms with Crippen molar-refractivity contribution in [2.45, 2.75) is 54.1 Å². The van der Waals surface area contributed by atoms with Crippen LogP contribution in [-0.2, 0) is 0 Å². The number of aromatic nitrogens is 4. The molecule has 0 amide bonds. The van der Waals surface area contributed by atoms with E-state index in [0.29, 0.717) is 0 Å². The van der Waals surface area contributed by atoms with Gasteiger partial charge < -0.3 is 16.4 Å². The van der Waals surface area contributed by atoms with Gasteiger partial charge in [0.25, 0.3) is 0 Å². The molecule has 6 aromatic carbocycles. The van der Waals surface area contributed by atoms with Crippen LogP contribution >= 0.6 is 0 Å². The van der Waals surface area contributed by atoms with Gasteiger partial charge in [-0.1, -0.05) is 36.4 Å². The predicted molar refractivity (Wildman–Crippen MR) is 211 cm³/mol. The van der Waals surface area contributed by atoms with Gasteiger partial charge >= 0.3 is 0 Å². The number of aryl methyl sites for hydroxylation is 5. The lowest BCUT2D eigenvalue weighted by Gasteiger charge is -2.31. The first-order valence-electron chi connectivity index (χ1n) is 17.5. The highest BCUT2D eigenvalue weighted by molar-refractivity contribution is 5.88. The largest absolute Gasteiger partial charge is 0.398 e. The summed E-state index contributed by atoms with van der Waals surface area (Å²) in [6.07, 6.45) is 0. The van der Waals surface area contributed by atoms with Gasteiger partial charge in [0, 0.05) is 65.6 Å². The summed E-state index contributed by atoms with van der Waals surface area (Å²) >= 11 is 0. The van der Waals surface area contributed by atoms with Gasteiger partial charge in [0.2, 0.25) is 33.4 Å². The van der Waals surface area contributed by atoms with Crippen molar-refractivity contribution in [1.29, 1.82) is 0 Å². The molecule has 7 nitrogen and oxygen atoms in total. The number of nitrogen functional groups attached to an aromatic ring is 1. The van der Waals surface area contributed by atoms with Crippen LogP contribution in [0.15, 0.2) is 109 Å². The maximum atomic E-state index is 6.45. The highest BCUT2D eigenvalue weighted by Gasteiger charge is 2.27. The molecule has 51 heavy (non-hydrogen) atoms. The molecule has 0 spiro atoms. The van der Waals surface area contributed by atoms with Crippen LogP contribution in [0.3, 0.4) is 0 Å². The Bertz CT molecular complexity index is 2480. The Labute approximate surface area is 298 Å². The Hall–Kier alpha value is -6.08. The standard InChI is InChI=1S/C44H41N7/c1-26-18-36-40(22-27(26)2)50(31-14-10-8-11-15-31)42-24-34(29(4)20-38(42)46-36)48-44(6,7)49-35-25-43-39(21-30(35)5)47-37-19-28(3)33(45)23-41(37)51(43)32-16-12-9-13-17-32/h8-25H,1-7H3,(H2,45,49)/p+2. The van der Waals surface area contributed by atoms with E-state index in [1.165, 1.54) is 11.1 Å². The third-order valence-electron chi connectivity index (χ3n) is 9.97. The van der Waals surface area contributed by atoms with E-state index in [0.717, 1.165) is 89.3 Å². The number of hydrogen-bond acceptors (Lipinski definition) is 5. The molecular weight excluding hydrogens is 627 g/mol. The van der Waals surface area contributed by atoms with Gasteiger partial charge in [-0.15, -0.1) is 9.13 Å². The fraction of sp³-hybridized carbons (Fsp3) is 0.182. The third-order valence-corrected chi connectivity index (χ3v) is 9.97. The minimum Gasteiger partial charge on any atom is -0.398 e. The van der Waals surface area contributed by atoms with Crippen LogP contribution in [0.2, 0.25) is 0 Å². The number of anilines is 3. The molecule has 0 fully saturated rings. The second kappa shape index (κ2) is 12.1. The van der Waals surface area contributed by atoms with Crippen molar-refractivity contribution in [2.24, 2.45) is 0 Å². The Morgan fingerprint density at radius 1 is 0.471 bits per heavy atom. The van der Waals surface area contributed by atoms with E-state index in [-0.39, 0.29) is 0 Å². The van der Waals surface area contributed by atoms with E-state index in [1.807, 2.05) is 19.1 Å². The first-order chi connectivity index (χ1) is 24.5. The molecule has 0 saturated heterocycles. The quantitative estimate of drug-likeness (QED) is 0.0713. The second-order valence-electron chi connectivity index (χ2n) is 14.4. The summed E-state index contributed by atoms with van der Waals surface area (Å²) in [5.41, 5.74) is 24.4. The van der Waals surface area contributed by atoms with Crippen LogP contribution in [0.5, 0.6) is 0 Å². The first-order valence-corrected chi connectivity index (χ1v) is 17.5. The normalized spacial score (nSPS) is 11.9. The van der Waals surface area contributed by atoms with Crippen molar-refractivity contribution < 1.29 is 9.13 Å². The van der Waals surface area contributed by atoms with Gasteiger partial charge in [0.05, 0.1) is 0 Å². The summed E-state index contributed by atoms with van der Waals surface area (Å²) in [5.74, 6) is 0. The molecule has 0 atom stereocenters. The molecule has 0 unspecified atom stereocenters. The third kappa shape index (κ3) is 5.74. The van der Waals surface area contributed by atoms with E-state index < -0.39 is 5.66 Å². The zero-order valence-electron chi connectivity index (χ0n) is 30.3. The van der Waals surface area contributed by atoms with Crippen molar-refractivity contribution in [3.05, 3.63) is 137 Å². The van der Waals surface area contributed by atoms with Gasteiger partial charge in [-0.05, 0) is 101 Å². The van der Waals surface area contributed by atoms with Crippen LogP contribution < -0.4 is 25.5 Å². The number of para-hydroxylation sites is 2. The fourth-order valence-electron chi connectivity index (χ4n) is 7.12. The monoisotopic (exact) mass is 669 g/mol. The van der Waals surface area contributed by atoms with E-state index in [4.69, 9.17) is 15.7 Å². The molecule has 0 aliphatic carbocycles. The lowest BCUT2D eigenvalue weighted by Crippen LogP contribution is -2.40.